The maximum atomic E-state index is 12.7. The van der Waals surface area contributed by atoms with Crippen LogP contribution in [0.2, 0.25) is 0 Å². The van der Waals surface area contributed by atoms with Gasteiger partial charge in [-0.2, -0.15) is 0 Å². The molecule has 0 saturated carbocycles. The van der Waals surface area contributed by atoms with Crippen LogP contribution in [0.3, 0.4) is 0 Å². The van der Waals surface area contributed by atoms with Gasteiger partial charge in [0.05, 0.1) is 11.9 Å². The number of sulfonamides is 1. The molecule has 1 aliphatic heterocycles. The van der Waals surface area contributed by atoms with E-state index in [1.165, 1.54) is 0 Å². The van der Waals surface area contributed by atoms with Gasteiger partial charge in [-0.3, -0.25) is 9.10 Å². The highest BCUT2D eigenvalue weighted by Gasteiger charge is 2.30. The number of carbonyl (C=O) groups is 1. The van der Waals surface area contributed by atoms with Crippen molar-refractivity contribution >= 4 is 21.6 Å². The van der Waals surface area contributed by atoms with Gasteiger partial charge in [-0.15, -0.1) is 0 Å². The van der Waals surface area contributed by atoms with E-state index in [1.807, 2.05) is 31.2 Å². The molecule has 0 saturated heterocycles. The average molecular weight is 404 g/mol. The van der Waals surface area contributed by atoms with E-state index in [1.54, 1.807) is 25.1 Å². The van der Waals surface area contributed by atoms with E-state index < -0.39 is 16.1 Å². The second-order valence-electron chi connectivity index (χ2n) is 6.77. The number of aryl methyl sites for hydroxylation is 1. The smallest absolute Gasteiger partial charge is 0.243 e. The molecule has 0 spiro atoms. The Balaban J connectivity index is 1.80. The van der Waals surface area contributed by atoms with Crippen LogP contribution in [-0.2, 0) is 21.4 Å². The van der Waals surface area contributed by atoms with Crippen LogP contribution < -0.4 is 19.1 Å². The summed E-state index contributed by atoms with van der Waals surface area (Å²) < 4.78 is 37.0. The minimum atomic E-state index is -3.70. The van der Waals surface area contributed by atoms with E-state index >= 15 is 0 Å². The Morgan fingerprint density at radius 3 is 2.54 bits per heavy atom. The summed E-state index contributed by atoms with van der Waals surface area (Å²) in [6, 6.07) is 11.7. The highest BCUT2D eigenvalue weighted by molar-refractivity contribution is 7.92. The van der Waals surface area contributed by atoms with Gasteiger partial charge in [0.15, 0.2) is 11.5 Å². The Bertz CT molecular complexity index is 974. The van der Waals surface area contributed by atoms with Gasteiger partial charge in [0, 0.05) is 12.6 Å². The van der Waals surface area contributed by atoms with E-state index in [-0.39, 0.29) is 5.91 Å². The molecule has 1 amide bonds. The molecule has 1 unspecified atom stereocenters. The Hall–Kier alpha value is -2.74. The third-order valence-corrected chi connectivity index (χ3v) is 5.66. The van der Waals surface area contributed by atoms with Crippen molar-refractivity contribution in [1.82, 2.24) is 5.32 Å². The highest BCUT2D eigenvalue weighted by atomic mass is 32.2. The fourth-order valence-electron chi connectivity index (χ4n) is 3.14. The fourth-order valence-corrected chi connectivity index (χ4v) is 4.30. The largest absolute Gasteiger partial charge is 0.486 e. The Labute approximate surface area is 165 Å². The molecular formula is C20H24N2O5S. The van der Waals surface area contributed by atoms with Crippen LogP contribution in [0.4, 0.5) is 5.69 Å². The lowest BCUT2D eigenvalue weighted by Crippen LogP contribution is -2.47. The van der Waals surface area contributed by atoms with Gasteiger partial charge >= 0.3 is 0 Å². The van der Waals surface area contributed by atoms with Crippen LogP contribution in [-0.4, -0.2) is 39.8 Å². The van der Waals surface area contributed by atoms with Crippen molar-refractivity contribution < 1.29 is 22.7 Å². The summed E-state index contributed by atoms with van der Waals surface area (Å²) in [5.41, 5.74) is 2.39. The molecule has 0 radical (unpaired) electrons. The molecule has 2 aromatic rings. The van der Waals surface area contributed by atoms with E-state index in [2.05, 4.69) is 5.32 Å². The average Bonchev–Trinajstić information content (AvgIpc) is 2.65. The quantitative estimate of drug-likeness (QED) is 0.798. The predicted octanol–water partition coefficient (Wildman–Crippen LogP) is 2.24. The molecule has 150 valence electrons. The van der Waals surface area contributed by atoms with Crippen LogP contribution >= 0.6 is 0 Å². The minimum Gasteiger partial charge on any atom is -0.486 e. The van der Waals surface area contributed by atoms with E-state index in [4.69, 9.17) is 9.47 Å². The molecule has 1 N–H and O–H groups in total. The SMILES string of the molecule is Cc1cccc(CNC(=O)C(C)N(c2ccc3c(c2)OCCO3)S(C)(=O)=O)c1. The van der Waals surface area contributed by atoms with E-state index in [9.17, 15) is 13.2 Å². The number of ether oxygens (including phenoxy) is 2. The van der Waals surface area contributed by atoms with Crippen LogP contribution in [0.15, 0.2) is 42.5 Å². The summed E-state index contributed by atoms with van der Waals surface area (Å²) in [4.78, 5) is 12.7. The second kappa shape index (κ2) is 8.10. The zero-order valence-electron chi connectivity index (χ0n) is 16.1. The van der Waals surface area contributed by atoms with Crippen molar-refractivity contribution in [2.24, 2.45) is 0 Å². The van der Waals surface area contributed by atoms with Gasteiger partial charge in [-0.1, -0.05) is 29.8 Å². The van der Waals surface area contributed by atoms with Crippen molar-refractivity contribution in [3.05, 3.63) is 53.6 Å². The van der Waals surface area contributed by atoms with Gasteiger partial charge in [0.1, 0.15) is 19.3 Å². The number of hydrogen-bond donors (Lipinski definition) is 1. The molecule has 28 heavy (non-hydrogen) atoms. The summed E-state index contributed by atoms with van der Waals surface area (Å²) in [6.45, 7) is 4.69. The molecular weight excluding hydrogens is 380 g/mol. The van der Waals surface area contributed by atoms with Gasteiger partial charge in [-0.25, -0.2) is 8.42 Å². The first-order valence-corrected chi connectivity index (χ1v) is 10.8. The first-order valence-electron chi connectivity index (χ1n) is 8.98. The minimum absolute atomic E-state index is 0.323. The molecule has 1 aliphatic rings. The summed E-state index contributed by atoms with van der Waals surface area (Å²) in [6.07, 6.45) is 1.08. The van der Waals surface area contributed by atoms with Crippen LogP contribution in [0.25, 0.3) is 0 Å². The highest BCUT2D eigenvalue weighted by Crippen LogP contribution is 2.35. The number of hydrogen-bond acceptors (Lipinski definition) is 5. The zero-order valence-corrected chi connectivity index (χ0v) is 17.0. The number of anilines is 1. The van der Waals surface area contributed by atoms with Gasteiger partial charge in [-0.05, 0) is 31.5 Å². The van der Waals surface area contributed by atoms with E-state index in [0.717, 1.165) is 21.7 Å². The van der Waals surface area contributed by atoms with Crippen molar-refractivity contribution in [2.45, 2.75) is 26.4 Å². The molecule has 1 atom stereocenters. The molecule has 0 aromatic heterocycles. The molecule has 0 fully saturated rings. The van der Waals surface area contributed by atoms with Crippen molar-refractivity contribution in [3.8, 4) is 11.5 Å². The predicted molar refractivity (Wildman–Crippen MR) is 107 cm³/mol. The monoisotopic (exact) mass is 404 g/mol. The molecule has 0 bridgehead atoms. The molecule has 8 heteroatoms. The molecule has 1 heterocycles. The number of carbonyl (C=O) groups excluding carboxylic acids is 1. The first-order chi connectivity index (χ1) is 13.3. The second-order valence-corrected chi connectivity index (χ2v) is 8.63. The number of nitrogens with zero attached hydrogens (tertiary/aromatic N) is 1. The first kappa shape index (κ1) is 20.0. The third-order valence-electron chi connectivity index (χ3n) is 4.42. The number of fused-ring (bicyclic) bond motifs is 1. The molecule has 3 rings (SSSR count). The van der Waals surface area contributed by atoms with E-state index in [0.29, 0.717) is 36.9 Å². The van der Waals surface area contributed by atoms with Crippen molar-refractivity contribution in [1.29, 1.82) is 0 Å². The maximum absolute atomic E-state index is 12.7. The summed E-state index contributed by atoms with van der Waals surface area (Å²) in [5.74, 6) is 0.631. The lowest BCUT2D eigenvalue weighted by atomic mass is 10.1. The van der Waals surface area contributed by atoms with Crippen molar-refractivity contribution in [3.63, 3.8) is 0 Å². The third kappa shape index (κ3) is 4.56. The number of benzene rings is 2. The van der Waals surface area contributed by atoms with Crippen molar-refractivity contribution in [2.75, 3.05) is 23.8 Å². The lowest BCUT2D eigenvalue weighted by Gasteiger charge is -2.29. The van der Waals surface area contributed by atoms with Gasteiger partial charge in [0.25, 0.3) is 0 Å². The number of nitrogens with one attached hydrogen (secondary N) is 1. The maximum Gasteiger partial charge on any atom is 0.243 e. The lowest BCUT2D eigenvalue weighted by molar-refractivity contribution is -0.122. The van der Waals surface area contributed by atoms with Crippen LogP contribution in [0.1, 0.15) is 18.1 Å². The van der Waals surface area contributed by atoms with Crippen LogP contribution in [0.5, 0.6) is 11.5 Å². The van der Waals surface area contributed by atoms with Gasteiger partial charge < -0.3 is 14.8 Å². The molecule has 2 aromatic carbocycles. The Kier molecular flexibility index (Phi) is 5.79. The molecule has 0 aliphatic carbocycles. The number of rotatable bonds is 6. The topological polar surface area (TPSA) is 84.9 Å². The number of amides is 1. The van der Waals surface area contributed by atoms with Crippen LogP contribution in [0, 0.1) is 6.92 Å². The summed E-state index contributed by atoms with van der Waals surface area (Å²) >= 11 is 0. The van der Waals surface area contributed by atoms with Gasteiger partial charge in [0.2, 0.25) is 15.9 Å². The fraction of sp³-hybridized carbons (Fsp3) is 0.350. The normalized spacial score (nSPS) is 14.2. The Morgan fingerprint density at radius 1 is 1.14 bits per heavy atom. The standard InChI is InChI=1S/C20H24N2O5S/c1-14-5-4-6-16(11-14)13-21-20(23)15(2)22(28(3,24)25)17-7-8-18-19(12-17)27-10-9-26-18/h4-8,11-12,15H,9-10,13H2,1-3H3,(H,21,23). The summed E-state index contributed by atoms with van der Waals surface area (Å²) in [5, 5.41) is 2.81. The Morgan fingerprint density at radius 2 is 1.86 bits per heavy atom. The summed E-state index contributed by atoms with van der Waals surface area (Å²) in [7, 11) is -3.70. The zero-order chi connectivity index (χ0) is 20.3. The molecule has 7 nitrogen and oxygen atoms in total.